The van der Waals surface area contributed by atoms with E-state index < -0.39 is 0 Å². The Morgan fingerprint density at radius 1 is 1.17 bits per heavy atom. The van der Waals surface area contributed by atoms with E-state index in [-0.39, 0.29) is 11.6 Å². The van der Waals surface area contributed by atoms with Crippen LogP contribution in [0.15, 0.2) is 41.0 Å². The number of pyridine rings is 1. The number of hydrogen-bond acceptors (Lipinski definition) is 5. The van der Waals surface area contributed by atoms with Gasteiger partial charge in [-0.25, -0.2) is 4.98 Å². The molecule has 112 valence electrons. The van der Waals surface area contributed by atoms with Gasteiger partial charge >= 0.3 is 0 Å². The lowest BCUT2D eigenvalue weighted by molar-refractivity contribution is 0.468. The summed E-state index contributed by atoms with van der Waals surface area (Å²) in [5.74, 6) is 1.04. The highest BCUT2D eigenvalue weighted by Gasteiger charge is 2.27. The van der Waals surface area contributed by atoms with Gasteiger partial charge in [0.1, 0.15) is 29.0 Å². The highest BCUT2D eigenvalue weighted by Crippen LogP contribution is 2.43. The van der Waals surface area contributed by atoms with Crippen LogP contribution in [0.1, 0.15) is 16.7 Å². The third-order valence-electron chi connectivity index (χ3n) is 4.24. The number of furan rings is 1. The Bertz CT molecular complexity index is 953. The summed E-state index contributed by atoms with van der Waals surface area (Å²) >= 11 is 0. The second kappa shape index (κ2) is 4.89. The molecule has 3 aromatic rings. The number of benzene rings is 1. The summed E-state index contributed by atoms with van der Waals surface area (Å²) < 4.78 is 5.51. The van der Waals surface area contributed by atoms with Gasteiger partial charge in [-0.3, -0.25) is 0 Å². The number of nitrogens with zero attached hydrogens (tertiary/aromatic N) is 2. The van der Waals surface area contributed by atoms with E-state index in [0.717, 1.165) is 16.7 Å². The molecule has 0 unspecified atom stereocenters. The number of nitrogens with two attached hydrogens (primary N) is 1. The van der Waals surface area contributed by atoms with Crippen LogP contribution in [0.3, 0.4) is 0 Å². The van der Waals surface area contributed by atoms with Crippen molar-refractivity contribution in [1.82, 2.24) is 4.98 Å². The van der Waals surface area contributed by atoms with Gasteiger partial charge in [0, 0.05) is 16.7 Å². The van der Waals surface area contributed by atoms with E-state index >= 15 is 0 Å². The molecule has 0 amide bonds. The molecule has 0 radical (unpaired) electrons. The van der Waals surface area contributed by atoms with Gasteiger partial charge in [-0.2, -0.15) is 5.26 Å². The lowest BCUT2D eigenvalue weighted by atomic mass is 9.84. The molecule has 5 heteroatoms. The summed E-state index contributed by atoms with van der Waals surface area (Å²) in [6.07, 6.45) is 2.92. The first-order chi connectivity index (χ1) is 11.2. The van der Waals surface area contributed by atoms with Gasteiger partial charge in [-0.05, 0) is 36.6 Å². The standard InChI is InChI=1S/C18H13N3O2/c19-9-13-16(15-5-2-8-23-15)12-7-6-10-11(3-1-4-14(10)22)17(12)21-18(13)20/h1-5,8,22H,6-7H2,(H2,20,21). The maximum Gasteiger partial charge on any atom is 0.142 e. The minimum Gasteiger partial charge on any atom is -0.508 e. The summed E-state index contributed by atoms with van der Waals surface area (Å²) in [4.78, 5) is 4.44. The summed E-state index contributed by atoms with van der Waals surface area (Å²) in [5.41, 5.74) is 10.4. The first-order valence-electron chi connectivity index (χ1n) is 7.28. The van der Waals surface area contributed by atoms with Crippen molar-refractivity contribution in [3.05, 3.63) is 53.3 Å². The van der Waals surface area contributed by atoms with Gasteiger partial charge in [-0.1, -0.05) is 12.1 Å². The number of phenolic OH excluding ortho intramolecular Hbond substituents is 1. The van der Waals surface area contributed by atoms with Crippen LogP contribution >= 0.6 is 0 Å². The fraction of sp³-hybridized carbons (Fsp3) is 0.111. The van der Waals surface area contributed by atoms with Gasteiger partial charge in [-0.15, -0.1) is 0 Å². The number of anilines is 1. The fourth-order valence-electron chi connectivity index (χ4n) is 3.22. The molecule has 4 rings (SSSR count). The molecule has 0 atom stereocenters. The van der Waals surface area contributed by atoms with Crippen LogP contribution in [-0.2, 0) is 12.8 Å². The number of nitriles is 1. The summed E-state index contributed by atoms with van der Waals surface area (Å²) in [7, 11) is 0. The maximum absolute atomic E-state index is 10.1. The number of nitrogen functional groups attached to an aromatic ring is 1. The lowest BCUT2D eigenvalue weighted by Crippen LogP contribution is -2.11. The van der Waals surface area contributed by atoms with Crippen LogP contribution in [0.2, 0.25) is 0 Å². The highest BCUT2D eigenvalue weighted by molar-refractivity contribution is 5.85. The Morgan fingerprint density at radius 2 is 2.00 bits per heavy atom. The molecule has 0 aliphatic heterocycles. The molecule has 0 bridgehead atoms. The molecule has 3 N–H and O–H groups in total. The third-order valence-corrected chi connectivity index (χ3v) is 4.24. The van der Waals surface area contributed by atoms with Crippen molar-refractivity contribution < 1.29 is 9.52 Å². The van der Waals surface area contributed by atoms with Crippen molar-refractivity contribution in [2.24, 2.45) is 0 Å². The molecule has 0 saturated carbocycles. The Balaban J connectivity index is 2.09. The quantitative estimate of drug-likeness (QED) is 0.719. The number of fused-ring (bicyclic) bond motifs is 3. The summed E-state index contributed by atoms with van der Waals surface area (Å²) in [5, 5.41) is 19.6. The van der Waals surface area contributed by atoms with Gasteiger partial charge in [0.05, 0.1) is 12.0 Å². The van der Waals surface area contributed by atoms with Crippen molar-refractivity contribution in [2.45, 2.75) is 12.8 Å². The second-order valence-corrected chi connectivity index (χ2v) is 5.47. The first kappa shape index (κ1) is 13.4. The molecule has 0 saturated heterocycles. The zero-order valence-corrected chi connectivity index (χ0v) is 12.2. The van der Waals surface area contributed by atoms with Crippen LogP contribution in [0, 0.1) is 11.3 Å². The SMILES string of the molecule is N#Cc1c(N)nc2c(c1-c1ccco1)CCc1c(O)cccc1-2. The van der Waals surface area contributed by atoms with Gasteiger partial charge in [0.15, 0.2) is 0 Å². The van der Waals surface area contributed by atoms with Crippen LogP contribution in [0.5, 0.6) is 5.75 Å². The minimum atomic E-state index is 0.175. The van der Waals surface area contributed by atoms with E-state index in [1.54, 1.807) is 24.5 Å². The Labute approximate surface area is 132 Å². The van der Waals surface area contributed by atoms with Crippen LogP contribution in [0.4, 0.5) is 5.82 Å². The summed E-state index contributed by atoms with van der Waals surface area (Å²) in [6, 6.07) is 11.1. The molecule has 5 nitrogen and oxygen atoms in total. The molecule has 23 heavy (non-hydrogen) atoms. The Morgan fingerprint density at radius 3 is 2.74 bits per heavy atom. The molecule has 1 aliphatic rings. The Hall–Kier alpha value is -3.26. The average molecular weight is 303 g/mol. The van der Waals surface area contributed by atoms with E-state index in [1.165, 1.54) is 0 Å². The molecule has 2 aromatic heterocycles. The lowest BCUT2D eigenvalue weighted by Gasteiger charge is -2.23. The molecule has 2 heterocycles. The summed E-state index contributed by atoms with van der Waals surface area (Å²) in [6.45, 7) is 0. The zero-order valence-electron chi connectivity index (χ0n) is 12.2. The van der Waals surface area contributed by atoms with Crippen molar-refractivity contribution in [2.75, 3.05) is 5.73 Å². The minimum absolute atomic E-state index is 0.175. The molecule has 0 spiro atoms. The smallest absolute Gasteiger partial charge is 0.142 e. The van der Waals surface area contributed by atoms with Crippen molar-refractivity contribution in [3.8, 4) is 34.4 Å². The fourth-order valence-corrected chi connectivity index (χ4v) is 3.22. The van der Waals surface area contributed by atoms with Crippen LogP contribution in [0.25, 0.3) is 22.6 Å². The topological polar surface area (TPSA) is 96.1 Å². The first-order valence-corrected chi connectivity index (χ1v) is 7.28. The molecule has 1 aromatic carbocycles. The predicted molar refractivity (Wildman–Crippen MR) is 85.6 cm³/mol. The van der Waals surface area contributed by atoms with E-state index in [1.807, 2.05) is 12.1 Å². The van der Waals surface area contributed by atoms with Gasteiger partial charge in [0.25, 0.3) is 0 Å². The van der Waals surface area contributed by atoms with E-state index in [4.69, 9.17) is 10.2 Å². The maximum atomic E-state index is 10.1. The van der Waals surface area contributed by atoms with E-state index in [0.29, 0.717) is 35.4 Å². The zero-order chi connectivity index (χ0) is 16.0. The molecular weight excluding hydrogens is 290 g/mol. The largest absolute Gasteiger partial charge is 0.508 e. The van der Waals surface area contributed by atoms with Crippen molar-refractivity contribution >= 4 is 5.82 Å². The number of aromatic nitrogens is 1. The highest BCUT2D eigenvalue weighted by atomic mass is 16.3. The number of rotatable bonds is 1. The second-order valence-electron chi connectivity index (χ2n) is 5.47. The Kier molecular flexibility index (Phi) is 2.85. The van der Waals surface area contributed by atoms with Crippen molar-refractivity contribution in [1.29, 1.82) is 5.26 Å². The van der Waals surface area contributed by atoms with Crippen LogP contribution < -0.4 is 5.73 Å². The van der Waals surface area contributed by atoms with Gasteiger partial charge < -0.3 is 15.3 Å². The average Bonchev–Trinajstić information content (AvgIpc) is 3.08. The molecular formula is C18H13N3O2. The van der Waals surface area contributed by atoms with Crippen molar-refractivity contribution in [3.63, 3.8) is 0 Å². The monoisotopic (exact) mass is 303 g/mol. The third kappa shape index (κ3) is 1.89. The van der Waals surface area contributed by atoms with Crippen LogP contribution in [-0.4, -0.2) is 10.1 Å². The number of aromatic hydroxyl groups is 1. The van der Waals surface area contributed by atoms with E-state index in [2.05, 4.69) is 11.1 Å². The number of hydrogen-bond donors (Lipinski definition) is 2. The predicted octanol–water partition coefficient (Wildman–Crippen LogP) is 3.27. The number of phenols is 1. The van der Waals surface area contributed by atoms with Gasteiger partial charge in [0.2, 0.25) is 0 Å². The normalized spacial score (nSPS) is 12.3. The molecule has 1 aliphatic carbocycles. The van der Waals surface area contributed by atoms with E-state index in [9.17, 15) is 10.4 Å². The molecule has 0 fully saturated rings.